The van der Waals surface area contributed by atoms with Crippen molar-refractivity contribution in [2.45, 2.75) is 18.6 Å². The second kappa shape index (κ2) is 6.53. The molecule has 0 aromatic heterocycles. The highest BCUT2D eigenvalue weighted by molar-refractivity contribution is 7.94. The Morgan fingerprint density at radius 3 is 2.68 bits per heavy atom. The van der Waals surface area contributed by atoms with Crippen molar-refractivity contribution in [3.63, 3.8) is 0 Å². The smallest absolute Gasteiger partial charge is 0.315 e. The van der Waals surface area contributed by atoms with Gasteiger partial charge in [-0.2, -0.15) is 0 Å². The summed E-state index contributed by atoms with van der Waals surface area (Å²) in [6.07, 6.45) is 0.528. The topological polar surface area (TPSA) is 122 Å². The molecule has 0 aromatic carbocycles. The number of hydrogen-bond acceptors (Lipinski definition) is 5. The third-order valence-electron chi connectivity index (χ3n) is 2.47. The van der Waals surface area contributed by atoms with Crippen LogP contribution >= 0.6 is 0 Å². The molecule has 0 aromatic rings. The highest BCUT2D eigenvalue weighted by Crippen LogP contribution is 2.07. The summed E-state index contributed by atoms with van der Waals surface area (Å²) in [7, 11) is -1.87. The number of amides is 2. The van der Waals surface area contributed by atoms with E-state index in [-0.39, 0.29) is 18.7 Å². The van der Waals surface area contributed by atoms with Gasteiger partial charge in [0.25, 0.3) is 0 Å². The molecule has 0 bridgehead atoms. The Balaban J connectivity index is 2.32. The number of carboxylic acid groups (broad SMARTS) is 1. The van der Waals surface area contributed by atoms with Crippen LogP contribution in [-0.4, -0.2) is 57.1 Å². The maximum Gasteiger partial charge on any atom is 0.315 e. The van der Waals surface area contributed by atoms with Crippen LogP contribution in [0.1, 0.15) is 6.42 Å². The quantitative estimate of drug-likeness (QED) is 0.582. The van der Waals surface area contributed by atoms with Crippen molar-refractivity contribution < 1.29 is 27.9 Å². The minimum atomic E-state index is -3.22. The molecule has 3 N–H and O–H groups in total. The Bertz CT molecular complexity index is 472. The van der Waals surface area contributed by atoms with E-state index in [0.717, 1.165) is 5.41 Å². The van der Waals surface area contributed by atoms with Crippen molar-refractivity contribution in [1.29, 1.82) is 0 Å². The lowest BCUT2D eigenvalue weighted by atomic mass is 10.2. The Labute approximate surface area is 110 Å². The number of ether oxygens (including phenoxy) is 1. The Hall–Kier alpha value is -1.61. The van der Waals surface area contributed by atoms with Crippen molar-refractivity contribution in [3.05, 3.63) is 11.5 Å². The molecular formula is C10H16N2O6S. The van der Waals surface area contributed by atoms with Gasteiger partial charge in [0, 0.05) is 19.1 Å². The first kappa shape index (κ1) is 15.4. The van der Waals surface area contributed by atoms with E-state index >= 15 is 0 Å². The number of rotatable bonds is 6. The highest BCUT2D eigenvalue weighted by Gasteiger charge is 2.23. The van der Waals surface area contributed by atoms with Crippen molar-refractivity contribution in [2.75, 3.05) is 19.4 Å². The summed E-state index contributed by atoms with van der Waals surface area (Å²) in [5.74, 6) is -1.19. The van der Waals surface area contributed by atoms with E-state index in [0.29, 0.717) is 0 Å². The van der Waals surface area contributed by atoms with Gasteiger partial charge in [0.2, 0.25) is 0 Å². The summed E-state index contributed by atoms with van der Waals surface area (Å²) in [6, 6.07) is -1.13. The zero-order valence-corrected chi connectivity index (χ0v) is 11.1. The van der Waals surface area contributed by atoms with Gasteiger partial charge in [-0.3, -0.25) is 4.79 Å². The number of carbonyl (C=O) groups is 2. The van der Waals surface area contributed by atoms with Crippen molar-refractivity contribution in [3.8, 4) is 0 Å². The van der Waals surface area contributed by atoms with Gasteiger partial charge in [0.1, 0.15) is 0 Å². The van der Waals surface area contributed by atoms with E-state index in [1.54, 1.807) is 0 Å². The van der Waals surface area contributed by atoms with E-state index in [4.69, 9.17) is 9.84 Å². The van der Waals surface area contributed by atoms with E-state index in [1.165, 1.54) is 13.2 Å². The second-order valence-corrected chi connectivity index (χ2v) is 6.01. The van der Waals surface area contributed by atoms with Gasteiger partial charge in [-0.1, -0.05) is 0 Å². The number of aliphatic carboxylic acids is 1. The van der Waals surface area contributed by atoms with Gasteiger partial charge >= 0.3 is 12.0 Å². The SMILES string of the molecule is COC(CNC(=O)NC1C=CS(=O)(=O)C1)CC(=O)O. The minimum Gasteiger partial charge on any atom is -0.481 e. The zero-order valence-electron chi connectivity index (χ0n) is 10.3. The average Bonchev–Trinajstić information content (AvgIpc) is 2.63. The molecule has 0 saturated carbocycles. The molecule has 0 radical (unpaired) electrons. The fourth-order valence-corrected chi connectivity index (χ4v) is 2.76. The summed E-state index contributed by atoms with van der Waals surface area (Å²) in [5.41, 5.74) is 0. The largest absolute Gasteiger partial charge is 0.481 e. The molecule has 0 fully saturated rings. The van der Waals surface area contributed by atoms with Gasteiger partial charge < -0.3 is 20.5 Å². The lowest BCUT2D eigenvalue weighted by Gasteiger charge is -2.15. The third kappa shape index (κ3) is 5.71. The van der Waals surface area contributed by atoms with Crippen molar-refractivity contribution in [1.82, 2.24) is 10.6 Å². The number of sulfone groups is 1. The molecule has 1 aliphatic heterocycles. The number of urea groups is 1. The predicted octanol–water partition coefficient (Wildman–Crippen LogP) is -0.914. The van der Waals surface area contributed by atoms with Crippen LogP contribution in [0.5, 0.6) is 0 Å². The molecule has 0 saturated heterocycles. The lowest BCUT2D eigenvalue weighted by Crippen LogP contribution is -2.45. The van der Waals surface area contributed by atoms with Gasteiger partial charge in [-0.25, -0.2) is 13.2 Å². The van der Waals surface area contributed by atoms with Crippen LogP contribution < -0.4 is 10.6 Å². The van der Waals surface area contributed by atoms with Crippen LogP contribution in [0.2, 0.25) is 0 Å². The van der Waals surface area contributed by atoms with Crippen molar-refractivity contribution in [2.24, 2.45) is 0 Å². The van der Waals surface area contributed by atoms with Gasteiger partial charge in [-0.05, 0) is 6.08 Å². The number of nitrogens with one attached hydrogen (secondary N) is 2. The first-order chi connectivity index (χ1) is 8.82. The Morgan fingerprint density at radius 1 is 1.53 bits per heavy atom. The number of carboxylic acids is 1. The van der Waals surface area contributed by atoms with Crippen LogP contribution in [0.3, 0.4) is 0 Å². The molecule has 1 rings (SSSR count). The van der Waals surface area contributed by atoms with Crippen molar-refractivity contribution >= 4 is 21.8 Å². The predicted molar refractivity (Wildman–Crippen MR) is 66.3 cm³/mol. The molecule has 0 spiro atoms. The molecule has 9 heteroatoms. The first-order valence-electron chi connectivity index (χ1n) is 5.52. The maximum atomic E-state index is 11.5. The molecule has 0 aliphatic carbocycles. The lowest BCUT2D eigenvalue weighted by molar-refractivity contribution is -0.139. The van der Waals surface area contributed by atoms with Crippen LogP contribution in [0.15, 0.2) is 11.5 Å². The number of carbonyl (C=O) groups excluding carboxylic acids is 1. The minimum absolute atomic E-state index is 0.0256. The summed E-state index contributed by atoms with van der Waals surface area (Å²) in [4.78, 5) is 21.9. The number of methoxy groups -OCH3 is 1. The molecule has 108 valence electrons. The third-order valence-corrected chi connectivity index (χ3v) is 3.87. The van der Waals surface area contributed by atoms with E-state index in [1.807, 2.05) is 0 Å². The maximum absolute atomic E-state index is 11.5. The first-order valence-corrected chi connectivity index (χ1v) is 7.24. The molecule has 2 unspecified atom stereocenters. The monoisotopic (exact) mass is 292 g/mol. The molecule has 19 heavy (non-hydrogen) atoms. The van der Waals surface area contributed by atoms with E-state index < -0.39 is 34.0 Å². The van der Waals surface area contributed by atoms with Crippen LogP contribution in [0.4, 0.5) is 4.79 Å². The van der Waals surface area contributed by atoms with Crippen LogP contribution in [-0.2, 0) is 19.4 Å². The summed E-state index contributed by atoms with van der Waals surface area (Å²) >= 11 is 0. The second-order valence-electron chi connectivity index (χ2n) is 4.07. The Kier molecular flexibility index (Phi) is 5.31. The van der Waals surface area contributed by atoms with Gasteiger partial charge in [-0.15, -0.1) is 0 Å². The Morgan fingerprint density at radius 2 is 2.21 bits per heavy atom. The molecule has 8 nitrogen and oxygen atoms in total. The van der Waals surface area contributed by atoms with E-state index in [2.05, 4.69) is 10.6 Å². The molecule has 1 aliphatic rings. The van der Waals surface area contributed by atoms with Crippen LogP contribution in [0.25, 0.3) is 0 Å². The van der Waals surface area contributed by atoms with Gasteiger partial charge in [0.15, 0.2) is 9.84 Å². The number of hydrogen-bond donors (Lipinski definition) is 3. The molecule has 2 amide bonds. The highest BCUT2D eigenvalue weighted by atomic mass is 32.2. The summed E-state index contributed by atoms with van der Waals surface area (Å²) in [5, 5.41) is 14.5. The van der Waals surface area contributed by atoms with E-state index in [9.17, 15) is 18.0 Å². The normalized spacial score (nSPS) is 21.8. The average molecular weight is 292 g/mol. The summed E-state index contributed by atoms with van der Waals surface area (Å²) < 4.78 is 27.1. The molecular weight excluding hydrogens is 276 g/mol. The zero-order chi connectivity index (χ0) is 14.5. The summed E-state index contributed by atoms with van der Waals surface area (Å²) in [6.45, 7) is 0.0256. The molecule has 2 atom stereocenters. The fraction of sp³-hybridized carbons (Fsp3) is 0.600. The van der Waals surface area contributed by atoms with Crippen LogP contribution in [0, 0.1) is 0 Å². The fourth-order valence-electron chi connectivity index (χ4n) is 1.53. The molecule has 1 heterocycles. The van der Waals surface area contributed by atoms with Gasteiger partial charge in [0.05, 0.1) is 24.3 Å². The standard InChI is InChI=1S/C10H16N2O6S/c1-18-8(4-9(13)14)5-11-10(15)12-7-2-3-19(16,17)6-7/h2-3,7-8H,4-6H2,1H3,(H,13,14)(H2,11,12,15).